The minimum atomic E-state index is 0.0957. The van der Waals surface area contributed by atoms with Gasteiger partial charge in [0, 0.05) is 27.2 Å². The molecular weight excluding hydrogens is 218 g/mol. The number of nitrogens with zero attached hydrogens (tertiary/aromatic N) is 3. The van der Waals surface area contributed by atoms with Crippen molar-refractivity contribution in [1.82, 2.24) is 9.80 Å². The molecule has 0 spiro atoms. The molecule has 1 amide bonds. The number of methoxy groups -OCH3 is 1. The van der Waals surface area contributed by atoms with Gasteiger partial charge in [-0.1, -0.05) is 0 Å². The normalized spacial score (nSPS) is 20.2. The van der Waals surface area contributed by atoms with Gasteiger partial charge in [0.1, 0.15) is 0 Å². The second kappa shape index (κ2) is 7.25. The molecule has 1 atom stereocenters. The summed E-state index contributed by atoms with van der Waals surface area (Å²) in [7, 11) is 3.46. The van der Waals surface area contributed by atoms with E-state index in [-0.39, 0.29) is 5.91 Å². The molecule has 17 heavy (non-hydrogen) atoms. The molecule has 0 aromatic heterocycles. The van der Waals surface area contributed by atoms with Gasteiger partial charge in [0.2, 0.25) is 5.91 Å². The van der Waals surface area contributed by atoms with Crippen LogP contribution in [0.3, 0.4) is 0 Å². The molecule has 96 valence electrons. The number of hydrogen-bond donors (Lipinski definition) is 0. The van der Waals surface area contributed by atoms with Crippen molar-refractivity contribution in [3.05, 3.63) is 0 Å². The van der Waals surface area contributed by atoms with Crippen LogP contribution in [0.25, 0.3) is 0 Å². The summed E-state index contributed by atoms with van der Waals surface area (Å²) >= 11 is 0. The van der Waals surface area contributed by atoms with E-state index in [1.807, 2.05) is 6.07 Å². The summed E-state index contributed by atoms with van der Waals surface area (Å²) in [6, 6.07) is 2.05. The van der Waals surface area contributed by atoms with Crippen molar-refractivity contribution in [2.75, 3.05) is 46.9 Å². The Bertz CT molecular complexity index is 288. The fourth-order valence-electron chi connectivity index (χ4n) is 2.08. The molecule has 5 heteroatoms. The van der Waals surface area contributed by atoms with Gasteiger partial charge in [-0.05, 0) is 18.9 Å². The summed E-state index contributed by atoms with van der Waals surface area (Å²) < 4.78 is 5.12. The maximum Gasteiger partial charge on any atom is 0.236 e. The summed E-state index contributed by atoms with van der Waals surface area (Å²) in [5.41, 5.74) is 0. The third kappa shape index (κ3) is 4.72. The fourth-order valence-corrected chi connectivity index (χ4v) is 2.08. The van der Waals surface area contributed by atoms with Gasteiger partial charge in [0.05, 0.1) is 25.6 Å². The number of ether oxygens (including phenoxy) is 1. The van der Waals surface area contributed by atoms with E-state index < -0.39 is 0 Å². The van der Waals surface area contributed by atoms with Crippen LogP contribution in [-0.2, 0) is 9.53 Å². The van der Waals surface area contributed by atoms with E-state index in [9.17, 15) is 4.79 Å². The summed E-state index contributed by atoms with van der Waals surface area (Å²) in [6.45, 7) is 3.65. The maximum absolute atomic E-state index is 11.8. The van der Waals surface area contributed by atoms with Crippen molar-refractivity contribution >= 4 is 5.91 Å². The Labute approximate surface area is 103 Å². The van der Waals surface area contributed by atoms with Gasteiger partial charge < -0.3 is 9.64 Å². The van der Waals surface area contributed by atoms with Crippen LogP contribution in [0, 0.1) is 17.2 Å². The maximum atomic E-state index is 11.8. The van der Waals surface area contributed by atoms with Gasteiger partial charge in [-0.15, -0.1) is 0 Å². The predicted molar refractivity (Wildman–Crippen MR) is 64.3 cm³/mol. The topological polar surface area (TPSA) is 56.6 Å². The molecule has 1 rings (SSSR count). The van der Waals surface area contributed by atoms with Crippen LogP contribution in [0.1, 0.15) is 12.8 Å². The molecule has 1 aliphatic rings. The van der Waals surface area contributed by atoms with Gasteiger partial charge in [-0.25, -0.2) is 0 Å². The van der Waals surface area contributed by atoms with Crippen molar-refractivity contribution in [2.45, 2.75) is 12.8 Å². The highest BCUT2D eigenvalue weighted by Crippen LogP contribution is 2.15. The highest BCUT2D eigenvalue weighted by molar-refractivity contribution is 5.78. The van der Waals surface area contributed by atoms with Crippen molar-refractivity contribution in [3.8, 4) is 6.07 Å². The smallest absolute Gasteiger partial charge is 0.236 e. The first kappa shape index (κ1) is 13.9. The van der Waals surface area contributed by atoms with Crippen molar-refractivity contribution < 1.29 is 9.53 Å². The number of rotatable bonds is 6. The third-order valence-corrected chi connectivity index (χ3v) is 3.12. The molecule has 0 aliphatic carbocycles. The molecule has 5 nitrogen and oxygen atoms in total. The Morgan fingerprint density at radius 3 is 3.06 bits per heavy atom. The summed E-state index contributed by atoms with van der Waals surface area (Å²) in [4.78, 5) is 15.6. The van der Waals surface area contributed by atoms with E-state index in [4.69, 9.17) is 10.00 Å². The summed E-state index contributed by atoms with van der Waals surface area (Å²) in [5, 5.41) is 8.46. The number of likely N-dealkylation sites (tertiary alicyclic amines) is 1. The molecule has 0 bridgehead atoms. The number of nitriles is 1. The minimum absolute atomic E-state index is 0.0957. The quantitative estimate of drug-likeness (QED) is 0.670. The van der Waals surface area contributed by atoms with Gasteiger partial charge >= 0.3 is 0 Å². The molecule has 1 heterocycles. The van der Waals surface area contributed by atoms with Crippen LogP contribution in [0.5, 0.6) is 0 Å². The lowest BCUT2D eigenvalue weighted by Gasteiger charge is -2.20. The van der Waals surface area contributed by atoms with Crippen molar-refractivity contribution in [1.29, 1.82) is 5.26 Å². The van der Waals surface area contributed by atoms with E-state index in [1.54, 1.807) is 19.1 Å². The zero-order valence-corrected chi connectivity index (χ0v) is 10.7. The van der Waals surface area contributed by atoms with Crippen LogP contribution < -0.4 is 0 Å². The molecule has 1 unspecified atom stereocenters. The minimum Gasteiger partial charge on any atom is -0.384 e. The van der Waals surface area contributed by atoms with Crippen LogP contribution in [0.4, 0.5) is 0 Å². The monoisotopic (exact) mass is 239 g/mol. The van der Waals surface area contributed by atoms with Crippen LogP contribution in [-0.4, -0.2) is 62.7 Å². The largest absolute Gasteiger partial charge is 0.384 e. The molecule has 0 aromatic carbocycles. The third-order valence-electron chi connectivity index (χ3n) is 3.12. The number of likely N-dealkylation sites (N-methyl/N-ethyl adjacent to an activating group) is 1. The zero-order valence-electron chi connectivity index (χ0n) is 10.7. The molecule has 0 radical (unpaired) electrons. The standard InChI is InChI=1S/C12H21N3O2/c1-14(6-3-5-13)12(16)9-15-7-4-11(8-15)10-17-2/h11H,3-4,6-10H2,1-2H3. The second-order valence-corrected chi connectivity index (χ2v) is 4.57. The van der Waals surface area contributed by atoms with Crippen LogP contribution in [0.2, 0.25) is 0 Å². The van der Waals surface area contributed by atoms with E-state index in [0.29, 0.717) is 25.4 Å². The molecule has 1 aliphatic heterocycles. The molecule has 1 saturated heterocycles. The number of amides is 1. The lowest BCUT2D eigenvalue weighted by Crippen LogP contribution is -2.38. The number of hydrogen-bond acceptors (Lipinski definition) is 4. The highest BCUT2D eigenvalue weighted by atomic mass is 16.5. The van der Waals surface area contributed by atoms with Crippen LogP contribution >= 0.6 is 0 Å². The Kier molecular flexibility index (Phi) is 5.95. The lowest BCUT2D eigenvalue weighted by atomic mass is 10.1. The Hall–Kier alpha value is -1.12. The van der Waals surface area contributed by atoms with E-state index >= 15 is 0 Å². The van der Waals surface area contributed by atoms with Gasteiger partial charge in [-0.3, -0.25) is 9.69 Å². The SMILES string of the molecule is COCC1CCN(CC(=O)N(C)CCC#N)C1. The molecule has 0 N–H and O–H groups in total. The molecule has 1 fully saturated rings. The van der Waals surface area contributed by atoms with E-state index in [1.165, 1.54) is 0 Å². The van der Waals surface area contributed by atoms with Gasteiger partial charge in [0.25, 0.3) is 0 Å². The Morgan fingerprint density at radius 2 is 2.41 bits per heavy atom. The molecular formula is C12H21N3O2. The van der Waals surface area contributed by atoms with Crippen LogP contribution in [0.15, 0.2) is 0 Å². The number of carbonyl (C=O) groups is 1. The Balaban J connectivity index is 2.25. The average Bonchev–Trinajstić information content (AvgIpc) is 2.74. The first-order chi connectivity index (χ1) is 8.17. The van der Waals surface area contributed by atoms with Gasteiger partial charge in [-0.2, -0.15) is 5.26 Å². The average molecular weight is 239 g/mol. The molecule has 0 aromatic rings. The molecule has 0 saturated carbocycles. The van der Waals surface area contributed by atoms with Gasteiger partial charge in [0.15, 0.2) is 0 Å². The predicted octanol–water partition coefficient (Wildman–Crippen LogP) is 0.327. The zero-order chi connectivity index (χ0) is 12.7. The van der Waals surface area contributed by atoms with Crippen molar-refractivity contribution in [2.24, 2.45) is 5.92 Å². The lowest BCUT2D eigenvalue weighted by molar-refractivity contribution is -0.130. The first-order valence-corrected chi connectivity index (χ1v) is 5.99. The first-order valence-electron chi connectivity index (χ1n) is 5.99. The highest BCUT2D eigenvalue weighted by Gasteiger charge is 2.24. The number of carbonyl (C=O) groups excluding carboxylic acids is 1. The summed E-state index contributed by atoms with van der Waals surface area (Å²) in [5.74, 6) is 0.649. The Morgan fingerprint density at radius 1 is 1.65 bits per heavy atom. The fraction of sp³-hybridized carbons (Fsp3) is 0.833. The van der Waals surface area contributed by atoms with E-state index in [2.05, 4.69) is 4.90 Å². The van der Waals surface area contributed by atoms with E-state index in [0.717, 1.165) is 26.1 Å². The van der Waals surface area contributed by atoms with Crippen molar-refractivity contribution in [3.63, 3.8) is 0 Å². The summed E-state index contributed by atoms with van der Waals surface area (Å²) in [6.07, 6.45) is 1.50. The second-order valence-electron chi connectivity index (χ2n) is 4.57.